The molecule has 0 aromatic carbocycles. The van der Waals surface area contributed by atoms with E-state index in [1.165, 1.54) is 11.3 Å². The number of hydrogen-bond acceptors (Lipinski definition) is 4. The highest BCUT2D eigenvalue weighted by Gasteiger charge is 2.10. The summed E-state index contributed by atoms with van der Waals surface area (Å²) in [5.41, 5.74) is 0. The van der Waals surface area contributed by atoms with Gasteiger partial charge in [0.15, 0.2) is 5.78 Å². The maximum absolute atomic E-state index is 11.9. The van der Waals surface area contributed by atoms with E-state index in [9.17, 15) is 4.79 Å². The van der Waals surface area contributed by atoms with Crippen molar-refractivity contribution < 1.29 is 9.90 Å². The molecular formula is C13H20BrNO2S. The van der Waals surface area contributed by atoms with Gasteiger partial charge in [-0.15, -0.1) is 11.3 Å². The first-order chi connectivity index (χ1) is 8.67. The Bertz CT molecular complexity index is 362. The number of nitrogens with one attached hydrogen (secondary N) is 1. The molecule has 0 spiro atoms. The molecule has 0 aliphatic carbocycles. The summed E-state index contributed by atoms with van der Waals surface area (Å²) in [6.07, 6.45) is 3.40. The molecule has 0 bridgehead atoms. The lowest BCUT2D eigenvalue weighted by Gasteiger charge is -2.16. The molecule has 102 valence electrons. The van der Waals surface area contributed by atoms with Gasteiger partial charge in [-0.3, -0.25) is 4.79 Å². The van der Waals surface area contributed by atoms with Crippen LogP contribution in [0.25, 0.3) is 0 Å². The van der Waals surface area contributed by atoms with Crippen LogP contribution in [0.4, 0.5) is 0 Å². The Balaban J connectivity index is 2.29. The number of carbonyl (C=O) groups is 1. The number of halogens is 1. The fourth-order valence-corrected chi connectivity index (χ4v) is 3.18. The van der Waals surface area contributed by atoms with Gasteiger partial charge in [0.1, 0.15) is 0 Å². The van der Waals surface area contributed by atoms with Gasteiger partial charge in [0.05, 0.1) is 8.66 Å². The van der Waals surface area contributed by atoms with Gasteiger partial charge in [0.25, 0.3) is 0 Å². The standard InChI is InChI=1S/C13H20BrNO2S/c1-2-3-10(7-9-16)15-8-6-11(17)12-4-5-13(14)18-12/h4-5,10,15-16H,2-3,6-9H2,1H3. The van der Waals surface area contributed by atoms with E-state index in [4.69, 9.17) is 5.11 Å². The molecule has 0 radical (unpaired) electrons. The van der Waals surface area contributed by atoms with Crippen LogP contribution < -0.4 is 5.32 Å². The first-order valence-corrected chi connectivity index (χ1v) is 7.91. The Hall–Kier alpha value is -0.230. The van der Waals surface area contributed by atoms with Crippen molar-refractivity contribution >= 4 is 33.0 Å². The van der Waals surface area contributed by atoms with Gasteiger partial charge in [0, 0.05) is 25.6 Å². The van der Waals surface area contributed by atoms with E-state index in [-0.39, 0.29) is 12.4 Å². The van der Waals surface area contributed by atoms with Crippen LogP contribution in [0, 0.1) is 0 Å². The minimum absolute atomic E-state index is 0.178. The number of aliphatic hydroxyl groups is 1. The van der Waals surface area contributed by atoms with Gasteiger partial charge in [-0.1, -0.05) is 13.3 Å². The summed E-state index contributed by atoms with van der Waals surface area (Å²) in [4.78, 5) is 12.7. The van der Waals surface area contributed by atoms with Gasteiger partial charge in [-0.2, -0.15) is 0 Å². The van der Waals surface area contributed by atoms with E-state index in [0.29, 0.717) is 19.0 Å². The highest BCUT2D eigenvalue weighted by Crippen LogP contribution is 2.22. The second-order valence-electron chi connectivity index (χ2n) is 4.23. The summed E-state index contributed by atoms with van der Waals surface area (Å²) in [6.45, 7) is 3.00. The van der Waals surface area contributed by atoms with Gasteiger partial charge < -0.3 is 10.4 Å². The SMILES string of the molecule is CCCC(CCO)NCCC(=O)c1ccc(Br)s1. The molecule has 0 amide bonds. The van der Waals surface area contributed by atoms with Crippen molar-refractivity contribution in [2.75, 3.05) is 13.2 Å². The fraction of sp³-hybridized carbons (Fsp3) is 0.615. The maximum Gasteiger partial charge on any atom is 0.174 e. The molecule has 1 atom stereocenters. The van der Waals surface area contributed by atoms with Crippen molar-refractivity contribution in [3.8, 4) is 0 Å². The van der Waals surface area contributed by atoms with E-state index in [1.807, 2.05) is 12.1 Å². The fourth-order valence-electron chi connectivity index (χ4n) is 1.83. The van der Waals surface area contributed by atoms with Crippen LogP contribution in [0.1, 0.15) is 42.3 Å². The summed E-state index contributed by atoms with van der Waals surface area (Å²) >= 11 is 4.83. The lowest BCUT2D eigenvalue weighted by molar-refractivity contribution is 0.0985. The minimum atomic E-state index is 0.178. The number of Topliss-reactive ketones (excluding diaryl/α,β-unsaturated/α-hetero) is 1. The lowest BCUT2D eigenvalue weighted by Crippen LogP contribution is -2.31. The summed E-state index contributed by atoms with van der Waals surface area (Å²) in [5.74, 6) is 0.178. The van der Waals surface area contributed by atoms with E-state index < -0.39 is 0 Å². The molecule has 18 heavy (non-hydrogen) atoms. The topological polar surface area (TPSA) is 49.3 Å². The molecule has 0 aliphatic rings. The Kier molecular flexibility index (Phi) is 7.74. The van der Waals surface area contributed by atoms with Crippen molar-refractivity contribution in [3.05, 3.63) is 20.8 Å². The molecule has 1 unspecified atom stereocenters. The van der Waals surface area contributed by atoms with Crippen molar-refractivity contribution in [2.24, 2.45) is 0 Å². The van der Waals surface area contributed by atoms with Crippen LogP contribution in [0.3, 0.4) is 0 Å². The normalized spacial score (nSPS) is 12.6. The molecule has 1 rings (SSSR count). The van der Waals surface area contributed by atoms with E-state index in [1.54, 1.807) is 0 Å². The maximum atomic E-state index is 11.9. The molecule has 0 aliphatic heterocycles. The van der Waals surface area contributed by atoms with Crippen molar-refractivity contribution in [1.82, 2.24) is 5.32 Å². The Labute approximate surface area is 121 Å². The summed E-state index contributed by atoms with van der Waals surface area (Å²) < 4.78 is 0.989. The Morgan fingerprint density at radius 2 is 2.28 bits per heavy atom. The van der Waals surface area contributed by atoms with Crippen LogP contribution in [0.2, 0.25) is 0 Å². The highest BCUT2D eigenvalue weighted by molar-refractivity contribution is 9.11. The third-order valence-electron chi connectivity index (χ3n) is 2.75. The predicted molar refractivity (Wildman–Crippen MR) is 79.4 cm³/mol. The molecule has 3 nitrogen and oxygen atoms in total. The van der Waals surface area contributed by atoms with Gasteiger partial charge in [-0.25, -0.2) is 0 Å². The van der Waals surface area contributed by atoms with E-state index in [2.05, 4.69) is 28.2 Å². The second kappa shape index (κ2) is 8.80. The Morgan fingerprint density at radius 1 is 1.50 bits per heavy atom. The first kappa shape index (κ1) is 15.8. The molecule has 0 saturated carbocycles. The van der Waals surface area contributed by atoms with Gasteiger partial charge in [0.2, 0.25) is 0 Å². The van der Waals surface area contributed by atoms with Crippen LogP contribution in [-0.4, -0.2) is 30.1 Å². The van der Waals surface area contributed by atoms with Crippen molar-refractivity contribution in [3.63, 3.8) is 0 Å². The zero-order valence-electron chi connectivity index (χ0n) is 10.6. The van der Waals surface area contributed by atoms with Crippen LogP contribution >= 0.6 is 27.3 Å². The van der Waals surface area contributed by atoms with Crippen molar-refractivity contribution in [2.45, 2.75) is 38.6 Å². The highest BCUT2D eigenvalue weighted by atomic mass is 79.9. The summed E-state index contributed by atoms with van der Waals surface area (Å²) in [5, 5.41) is 12.3. The van der Waals surface area contributed by atoms with Crippen molar-refractivity contribution in [1.29, 1.82) is 0 Å². The molecular weight excluding hydrogens is 314 g/mol. The number of carbonyl (C=O) groups excluding carboxylic acids is 1. The second-order valence-corrected chi connectivity index (χ2v) is 6.69. The molecule has 2 N–H and O–H groups in total. The molecule has 1 aromatic rings. The number of rotatable bonds is 9. The predicted octanol–water partition coefficient (Wildman–Crippen LogP) is 3.22. The van der Waals surface area contributed by atoms with Gasteiger partial charge >= 0.3 is 0 Å². The summed E-state index contributed by atoms with van der Waals surface area (Å²) in [7, 11) is 0. The average Bonchev–Trinajstić information content (AvgIpc) is 2.76. The molecule has 5 heteroatoms. The van der Waals surface area contributed by atoms with E-state index in [0.717, 1.165) is 27.9 Å². The largest absolute Gasteiger partial charge is 0.396 e. The van der Waals surface area contributed by atoms with Crippen LogP contribution in [-0.2, 0) is 0 Å². The molecule has 1 aromatic heterocycles. The number of aliphatic hydroxyl groups excluding tert-OH is 1. The zero-order valence-corrected chi connectivity index (χ0v) is 13.0. The number of ketones is 1. The molecule has 0 fully saturated rings. The third kappa shape index (κ3) is 5.61. The number of hydrogen-bond donors (Lipinski definition) is 2. The lowest BCUT2D eigenvalue weighted by atomic mass is 10.1. The molecule has 1 heterocycles. The Morgan fingerprint density at radius 3 is 2.83 bits per heavy atom. The smallest absolute Gasteiger partial charge is 0.174 e. The quantitative estimate of drug-likeness (QED) is 0.682. The average molecular weight is 334 g/mol. The minimum Gasteiger partial charge on any atom is -0.396 e. The van der Waals surface area contributed by atoms with Crippen LogP contribution in [0.15, 0.2) is 15.9 Å². The van der Waals surface area contributed by atoms with Gasteiger partial charge in [-0.05, 0) is 40.9 Å². The van der Waals surface area contributed by atoms with E-state index >= 15 is 0 Å². The third-order valence-corrected chi connectivity index (χ3v) is 4.41. The summed E-state index contributed by atoms with van der Waals surface area (Å²) in [6, 6.07) is 4.08. The molecule has 0 saturated heterocycles. The zero-order chi connectivity index (χ0) is 13.4. The number of thiophene rings is 1. The van der Waals surface area contributed by atoms with Crippen LogP contribution in [0.5, 0.6) is 0 Å². The first-order valence-electron chi connectivity index (χ1n) is 6.30. The monoisotopic (exact) mass is 333 g/mol.